The Hall–Kier alpha value is -0.580. The molecule has 20 heavy (non-hydrogen) atoms. The Morgan fingerprint density at radius 3 is 2.50 bits per heavy atom. The fourth-order valence-electron chi connectivity index (χ4n) is 3.04. The van der Waals surface area contributed by atoms with Gasteiger partial charge in [0.2, 0.25) is 0 Å². The average Bonchev–Trinajstić information content (AvgIpc) is 2.69. The monoisotopic (exact) mass is 299 g/mol. The van der Waals surface area contributed by atoms with Crippen molar-refractivity contribution < 1.29 is 5.11 Å². The molecule has 0 unspecified atom stereocenters. The molecule has 1 N–H and O–H groups in total. The molecule has 0 amide bonds. The summed E-state index contributed by atoms with van der Waals surface area (Å²) in [6.45, 7) is 10.0. The minimum Gasteiger partial charge on any atom is -0.389 e. The zero-order valence-corrected chi connectivity index (χ0v) is 13.6. The Balaban J connectivity index is 2.06. The number of halogens is 1. The average molecular weight is 300 g/mol. The van der Waals surface area contributed by atoms with Gasteiger partial charge < -0.3 is 10.0 Å². The maximum atomic E-state index is 10.8. The Kier molecular flexibility index (Phi) is 5.10. The molecule has 114 valence electrons. The molecular weight excluding hydrogens is 274 g/mol. The highest BCUT2D eigenvalue weighted by molar-refractivity contribution is 6.31. The number of aliphatic hydroxyl groups is 1. The van der Waals surface area contributed by atoms with Crippen molar-refractivity contribution in [3.05, 3.63) is 16.4 Å². The molecule has 1 aromatic heterocycles. The maximum Gasteiger partial charge on any atom is 0.0848 e. The van der Waals surface area contributed by atoms with Crippen LogP contribution in [0.1, 0.15) is 44.5 Å². The van der Waals surface area contributed by atoms with Crippen LogP contribution in [0.15, 0.2) is 0 Å². The summed E-state index contributed by atoms with van der Waals surface area (Å²) < 4.78 is 1.92. The number of aromatic nitrogens is 2. The highest BCUT2D eigenvalue weighted by Gasteiger charge is 2.34. The number of nitrogens with zero attached hydrogens (tertiary/aromatic N) is 3. The predicted molar refractivity (Wildman–Crippen MR) is 82.3 cm³/mol. The molecule has 1 saturated heterocycles. The van der Waals surface area contributed by atoms with Crippen LogP contribution in [0.25, 0.3) is 0 Å². The summed E-state index contributed by atoms with van der Waals surface area (Å²) in [5.41, 5.74) is 1.21. The summed E-state index contributed by atoms with van der Waals surface area (Å²) in [5, 5.41) is 16.0. The molecule has 0 radical (unpaired) electrons. The highest BCUT2D eigenvalue weighted by atomic mass is 35.5. The van der Waals surface area contributed by atoms with Gasteiger partial charge in [0.1, 0.15) is 0 Å². The third-order valence-corrected chi connectivity index (χ3v) is 4.77. The number of rotatable bonds is 5. The van der Waals surface area contributed by atoms with Crippen LogP contribution in [-0.4, -0.2) is 45.0 Å². The van der Waals surface area contributed by atoms with E-state index >= 15 is 0 Å². The van der Waals surface area contributed by atoms with E-state index in [1.54, 1.807) is 0 Å². The first-order chi connectivity index (χ1) is 9.49. The quantitative estimate of drug-likeness (QED) is 0.909. The van der Waals surface area contributed by atoms with Crippen LogP contribution in [0.4, 0.5) is 0 Å². The molecule has 2 heterocycles. The molecule has 0 saturated carbocycles. The first kappa shape index (κ1) is 15.8. The van der Waals surface area contributed by atoms with Crippen molar-refractivity contribution in [2.45, 2.75) is 58.6 Å². The highest BCUT2D eigenvalue weighted by Crippen LogP contribution is 2.30. The van der Waals surface area contributed by atoms with Gasteiger partial charge in [0, 0.05) is 26.1 Å². The number of hydrogen-bond donors (Lipinski definition) is 1. The summed E-state index contributed by atoms with van der Waals surface area (Å²) >= 11 is 6.35. The SMILES string of the molecule is CCCN1CCC(O)(Cc2c(Cl)c(C)nn2CC)CC1. The second-order valence-corrected chi connectivity index (χ2v) is 6.28. The van der Waals surface area contributed by atoms with Crippen LogP contribution in [0.3, 0.4) is 0 Å². The van der Waals surface area contributed by atoms with Crippen LogP contribution < -0.4 is 0 Å². The molecule has 0 aliphatic carbocycles. The standard InChI is InChI=1S/C15H26ClN3O/c1-4-8-18-9-6-15(20,7-10-18)11-13-14(16)12(3)17-19(13)5-2/h20H,4-11H2,1-3H3. The van der Waals surface area contributed by atoms with Gasteiger partial charge in [-0.25, -0.2) is 0 Å². The fraction of sp³-hybridized carbons (Fsp3) is 0.800. The van der Waals surface area contributed by atoms with Crippen LogP contribution >= 0.6 is 11.6 Å². The Morgan fingerprint density at radius 1 is 1.30 bits per heavy atom. The van der Waals surface area contributed by atoms with Crippen molar-refractivity contribution in [2.24, 2.45) is 0 Å². The lowest BCUT2D eigenvalue weighted by Crippen LogP contribution is -2.46. The van der Waals surface area contributed by atoms with E-state index in [1.165, 1.54) is 6.42 Å². The Bertz CT molecular complexity index is 450. The summed E-state index contributed by atoms with van der Waals surface area (Å²) in [4.78, 5) is 2.43. The first-order valence-corrected chi connectivity index (χ1v) is 8.03. The smallest absolute Gasteiger partial charge is 0.0848 e. The lowest BCUT2D eigenvalue weighted by atomic mass is 9.86. The van der Waals surface area contributed by atoms with E-state index in [-0.39, 0.29) is 0 Å². The minimum atomic E-state index is -0.632. The van der Waals surface area contributed by atoms with E-state index in [9.17, 15) is 5.11 Å². The van der Waals surface area contributed by atoms with Crippen LogP contribution in [-0.2, 0) is 13.0 Å². The molecular formula is C15H26ClN3O. The van der Waals surface area contributed by atoms with E-state index in [0.29, 0.717) is 6.42 Å². The van der Waals surface area contributed by atoms with Crippen molar-refractivity contribution in [1.29, 1.82) is 0 Å². The zero-order chi connectivity index (χ0) is 14.8. The Labute approximate surface area is 126 Å². The van der Waals surface area contributed by atoms with E-state index in [0.717, 1.165) is 55.4 Å². The summed E-state index contributed by atoms with van der Waals surface area (Å²) in [6, 6.07) is 0. The van der Waals surface area contributed by atoms with Crippen molar-refractivity contribution in [3.63, 3.8) is 0 Å². The maximum absolute atomic E-state index is 10.8. The molecule has 0 atom stereocenters. The molecule has 1 fully saturated rings. The molecule has 5 heteroatoms. The lowest BCUT2D eigenvalue weighted by molar-refractivity contribution is -0.0218. The normalized spacial score (nSPS) is 19.4. The van der Waals surface area contributed by atoms with Crippen LogP contribution in [0, 0.1) is 6.92 Å². The van der Waals surface area contributed by atoms with E-state index in [1.807, 2.05) is 11.6 Å². The summed E-state index contributed by atoms with van der Waals surface area (Å²) in [5.74, 6) is 0. The van der Waals surface area contributed by atoms with Gasteiger partial charge in [-0.3, -0.25) is 4.68 Å². The van der Waals surface area contributed by atoms with Crippen LogP contribution in [0.2, 0.25) is 5.02 Å². The van der Waals surface area contributed by atoms with Crippen molar-refractivity contribution in [2.75, 3.05) is 19.6 Å². The second-order valence-electron chi connectivity index (χ2n) is 5.90. The largest absolute Gasteiger partial charge is 0.389 e. The lowest BCUT2D eigenvalue weighted by Gasteiger charge is -2.38. The number of likely N-dealkylation sites (tertiary alicyclic amines) is 1. The molecule has 0 bridgehead atoms. The van der Waals surface area contributed by atoms with Crippen LogP contribution in [0.5, 0.6) is 0 Å². The molecule has 0 aromatic carbocycles. The number of hydrogen-bond acceptors (Lipinski definition) is 3. The molecule has 0 spiro atoms. The second kappa shape index (κ2) is 6.46. The molecule has 2 rings (SSSR count). The Morgan fingerprint density at radius 2 is 1.95 bits per heavy atom. The van der Waals surface area contributed by atoms with Gasteiger partial charge in [-0.15, -0.1) is 0 Å². The number of piperidine rings is 1. The van der Waals surface area contributed by atoms with E-state index in [4.69, 9.17) is 11.6 Å². The van der Waals surface area contributed by atoms with Crippen molar-refractivity contribution in [1.82, 2.24) is 14.7 Å². The van der Waals surface area contributed by atoms with Gasteiger partial charge in [0.25, 0.3) is 0 Å². The van der Waals surface area contributed by atoms with E-state index < -0.39 is 5.60 Å². The van der Waals surface area contributed by atoms with Gasteiger partial charge in [-0.2, -0.15) is 5.10 Å². The van der Waals surface area contributed by atoms with Gasteiger partial charge in [0.15, 0.2) is 0 Å². The predicted octanol–water partition coefficient (Wildman–Crippen LogP) is 2.64. The topological polar surface area (TPSA) is 41.3 Å². The molecule has 1 aliphatic heterocycles. The molecule has 4 nitrogen and oxygen atoms in total. The fourth-order valence-corrected chi connectivity index (χ4v) is 3.24. The minimum absolute atomic E-state index is 0.612. The van der Waals surface area contributed by atoms with Gasteiger partial charge >= 0.3 is 0 Å². The first-order valence-electron chi connectivity index (χ1n) is 7.65. The van der Waals surface area contributed by atoms with Gasteiger partial charge in [-0.05, 0) is 39.7 Å². The van der Waals surface area contributed by atoms with Crippen molar-refractivity contribution >= 4 is 11.6 Å². The summed E-state index contributed by atoms with van der Waals surface area (Å²) in [7, 11) is 0. The van der Waals surface area contributed by atoms with E-state index in [2.05, 4.69) is 23.8 Å². The molecule has 1 aliphatic rings. The molecule has 1 aromatic rings. The summed E-state index contributed by atoms with van der Waals surface area (Å²) in [6.07, 6.45) is 3.42. The third kappa shape index (κ3) is 3.35. The zero-order valence-electron chi connectivity index (χ0n) is 12.8. The van der Waals surface area contributed by atoms with Gasteiger partial charge in [0.05, 0.1) is 22.0 Å². The van der Waals surface area contributed by atoms with Crippen molar-refractivity contribution in [3.8, 4) is 0 Å². The third-order valence-electron chi connectivity index (χ3n) is 4.28. The van der Waals surface area contributed by atoms with Gasteiger partial charge in [-0.1, -0.05) is 18.5 Å². The number of aryl methyl sites for hydroxylation is 2.